The summed E-state index contributed by atoms with van der Waals surface area (Å²) in [5, 5.41) is 12.3. The van der Waals surface area contributed by atoms with E-state index in [-0.39, 0.29) is 5.56 Å². The van der Waals surface area contributed by atoms with Gasteiger partial charge < -0.3 is 5.21 Å². The second-order valence-corrected chi connectivity index (χ2v) is 1.77. The minimum Gasteiger partial charge on any atom is -0.596 e. The molecule has 1 rings (SSSR count). The molecule has 0 radical (unpaired) electrons. The summed E-state index contributed by atoms with van der Waals surface area (Å²) in [7, 11) is 0. The number of aromatic nitrogens is 2. The highest BCUT2D eigenvalue weighted by atomic mass is 16.5. The van der Waals surface area contributed by atoms with Crippen molar-refractivity contribution in [2.75, 3.05) is 0 Å². The van der Waals surface area contributed by atoms with E-state index in [1.165, 1.54) is 12.3 Å². The van der Waals surface area contributed by atoms with Crippen LogP contribution in [0.4, 0.5) is 0 Å². The maximum absolute atomic E-state index is 10.6. The van der Waals surface area contributed by atoms with E-state index in [0.717, 1.165) is 0 Å². The zero-order valence-corrected chi connectivity index (χ0v) is 4.92. The third kappa shape index (κ3) is 1.07. The van der Waals surface area contributed by atoms with Crippen molar-refractivity contribution in [3.63, 3.8) is 0 Å². The van der Waals surface area contributed by atoms with Crippen molar-refractivity contribution in [2.24, 2.45) is 0 Å². The van der Waals surface area contributed by atoms with E-state index in [2.05, 4.69) is 0 Å². The monoisotopic (exact) mass is 126 g/mol. The van der Waals surface area contributed by atoms with Gasteiger partial charge in [-0.25, -0.2) is 0 Å². The summed E-state index contributed by atoms with van der Waals surface area (Å²) >= 11 is 0. The van der Waals surface area contributed by atoms with Crippen molar-refractivity contribution in [3.8, 4) is 0 Å². The molecule has 0 aliphatic carbocycles. The van der Waals surface area contributed by atoms with Crippen LogP contribution in [0.2, 0.25) is 0 Å². The summed E-state index contributed by atoms with van der Waals surface area (Å²) in [6, 6.07) is 1.46. The van der Waals surface area contributed by atoms with Crippen LogP contribution in [0.3, 0.4) is 0 Å². The van der Waals surface area contributed by atoms with Gasteiger partial charge in [0.25, 0.3) is 0 Å². The van der Waals surface area contributed by atoms with Crippen LogP contribution in [-0.4, -0.2) is 5.10 Å². The first-order valence-electron chi connectivity index (χ1n) is 2.49. The van der Waals surface area contributed by atoms with E-state index in [1.54, 1.807) is 6.92 Å². The fourth-order valence-electron chi connectivity index (χ4n) is 0.481. The maximum Gasteiger partial charge on any atom is 0.302 e. The van der Waals surface area contributed by atoms with Gasteiger partial charge in [0.15, 0.2) is 0 Å². The summed E-state index contributed by atoms with van der Waals surface area (Å²) in [5.41, 5.74) is 0.203. The van der Waals surface area contributed by atoms with Crippen molar-refractivity contribution in [1.29, 1.82) is 0 Å². The Bertz CT molecular complexity index is 266. The average Bonchev–Trinajstić information content (AvgIpc) is 1.80. The second-order valence-electron chi connectivity index (χ2n) is 1.77. The molecule has 0 spiro atoms. The quantitative estimate of drug-likeness (QED) is 0.369. The number of hydrogen-bond acceptors (Lipinski definition) is 2. The molecule has 1 aromatic heterocycles. The summed E-state index contributed by atoms with van der Waals surface area (Å²) in [6.07, 6.45) is 1.25. The molecule has 0 aliphatic rings. The number of aromatic amines is 1. The van der Waals surface area contributed by atoms with Crippen molar-refractivity contribution < 1.29 is 4.85 Å². The highest BCUT2D eigenvalue weighted by molar-refractivity contribution is 4.99. The van der Waals surface area contributed by atoms with E-state index < -0.39 is 0 Å². The topological polar surface area (TPSA) is 59.8 Å². The Morgan fingerprint density at radius 1 is 1.78 bits per heavy atom. The van der Waals surface area contributed by atoms with Gasteiger partial charge in [-0.3, -0.25) is 4.79 Å². The smallest absolute Gasteiger partial charge is 0.302 e. The van der Waals surface area contributed by atoms with Crippen LogP contribution >= 0.6 is 0 Å². The Morgan fingerprint density at radius 3 is 2.89 bits per heavy atom. The van der Waals surface area contributed by atoms with Crippen molar-refractivity contribution >= 4 is 0 Å². The van der Waals surface area contributed by atoms with Crippen molar-refractivity contribution in [2.45, 2.75) is 6.92 Å². The predicted octanol–water partition coefficient (Wildman–Crippen LogP) is -0.683. The molecule has 4 heteroatoms. The first-order valence-corrected chi connectivity index (χ1v) is 2.49. The molecule has 1 N–H and O–H groups in total. The number of aryl methyl sites for hydroxylation is 1. The zero-order valence-electron chi connectivity index (χ0n) is 4.92. The number of hydrogen-bond donors (Lipinski definition) is 1. The Kier molecular flexibility index (Phi) is 1.22. The lowest BCUT2D eigenvalue weighted by molar-refractivity contribution is -0.670. The van der Waals surface area contributed by atoms with Gasteiger partial charge in [0, 0.05) is 11.6 Å². The fraction of sp³-hybridized carbons (Fsp3) is 0.200. The van der Waals surface area contributed by atoms with E-state index in [0.29, 0.717) is 10.4 Å². The van der Waals surface area contributed by atoms with Crippen molar-refractivity contribution in [1.82, 2.24) is 5.10 Å². The van der Waals surface area contributed by atoms with Crippen LogP contribution in [0.25, 0.3) is 0 Å². The zero-order chi connectivity index (χ0) is 6.85. The summed E-state index contributed by atoms with van der Waals surface area (Å²) in [4.78, 5) is 10.9. The molecule has 0 fully saturated rings. The number of nitrogens with zero attached hydrogens (tertiary/aromatic N) is 1. The lowest BCUT2D eigenvalue weighted by Crippen LogP contribution is -2.37. The lowest BCUT2D eigenvalue weighted by Gasteiger charge is -1.91. The van der Waals surface area contributed by atoms with E-state index in [4.69, 9.17) is 0 Å². The maximum atomic E-state index is 10.6. The number of rotatable bonds is 0. The molecular formula is C5H6N2O2. The largest absolute Gasteiger partial charge is 0.596 e. The van der Waals surface area contributed by atoms with Crippen LogP contribution in [0, 0.1) is 12.1 Å². The van der Waals surface area contributed by atoms with Gasteiger partial charge in [-0.1, -0.05) is 4.85 Å². The Balaban J connectivity index is 3.34. The van der Waals surface area contributed by atoms with Gasteiger partial charge in [0.2, 0.25) is 6.20 Å². The van der Waals surface area contributed by atoms with Crippen LogP contribution in [0.15, 0.2) is 17.1 Å². The molecule has 0 unspecified atom stereocenters. The lowest BCUT2D eigenvalue weighted by atomic mass is 10.4. The van der Waals surface area contributed by atoms with Crippen molar-refractivity contribution in [3.05, 3.63) is 33.4 Å². The van der Waals surface area contributed by atoms with Crippen LogP contribution < -0.4 is 10.4 Å². The molecule has 4 nitrogen and oxygen atoms in total. The molecule has 1 heterocycles. The molecule has 1 aromatic rings. The van der Waals surface area contributed by atoms with Gasteiger partial charge in [0.1, 0.15) is 0 Å². The first kappa shape index (κ1) is 5.81. The Hall–Kier alpha value is -1.32. The summed E-state index contributed by atoms with van der Waals surface area (Å²) in [5.74, 6) is 0. The molecule has 0 aliphatic heterocycles. The standard InChI is InChI=1S/C5H6N2O2/c1-4-2-3-7(9)6-5(4)8/h2-3H,1H3,(H,6,8). The fourth-order valence-corrected chi connectivity index (χ4v) is 0.481. The summed E-state index contributed by atoms with van der Waals surface area (Å²) in [6.45, 7) is 1.64. The Labute approximate surface area is 51.3 Å². The van der Waals surface area contributed by atoms with Crippen LogP contribution in [-0.2, 0) is 0 Å². The van der Waals surface area contributed by atoms with E-state index >= 15 is 0 Å². The minimum atomic E-state index is -0.340. The predicted molar refractivity (Wildman–Crippen MR) is 30.8 cm³/mol. The van der Waals surface area contributed by atoms with Gasteiger partial charge in [-0.15, -0.1) is 5.10 Å². The molecule has 0 saturated carbocycles. The molecular weight excluding hydrogens is 120 g/mol. The third-order valence-electron chi connectivity index (χ3n) is 1.03. The second kappa shape index (κ2) is 1.89. The third-order valence-corrected chi connectivity index (χ3v) is 1.03. The molecule has 0 bridgehead atoms. The van der Waals surface area contributed by atoms with Gasteiger partial charge >= 0.3 is 5.56 Å². The molecule has 0 saturated heterocycles. The average molecular weight is 126 g/mol. The minimum absolute atomic E-state index is 0.340. The normalized spacial score (nSPS) is 9.44. The van der Waals surface area contributed by atoms with Gasteiger partial charge in [-0.2, -0.15) is 0 Å². The highest BCUT2D eigenvalue weighted by Crippen LogP contribution is 1.77. The molecule has 0 atom stereocenters. The van der Waals surface area contributed by atoms with Crippen LogP contribution in [0.1, 0.15) is 5.56 Å². The number of nitrogens with one attached hydrogen (secondary N) is 1. The first-order chi connectivity index (χ1) is 4.20. The highest BCUT2D eigenvalue weighted by Gasteiger charge is 1.92. The molecule has 9 heavy (non-hydrogen) atoms. The van der Waals surface area contributed by atoms with E-state index in [1.807, 2.05) is 5.10 Å². The SMILES string of the molecule is Cc1cc[n+]([O-])[nH]c1=O. The number of H-pyrrole nitrogens is 1. The molecule has 0 amide bonds. The summed E-state index contributed by atoms with van der Waals surface area (Å²) < 4.78 is 0. The van der Waals surface area contributed by atoms with Gasteiger partial charge in [-0.05, 0) is 6.92 Å². The van der Waals surface area contributed by atoms with Crippen LogP contribution in [0.5, 0.6) is 0 Å². The van der Waals surface area contributed by atoms with E-state index in [9.17, 15) is 10.0 Å². The van der Waals surface area contributed by atoms with Gasteiger partial charge in [0.05, 0.1) is 0 Å². The molecule has 48 valence electrons. The Morgan fingerprint density at radius 2 is 2.44 bits per heavy atom. The molecule has 0 aromatic carbocycles.